The van der Waals surface area contributed by atoms with Crippen LogP contribution in [0.4, 0.5) is 0 Å². The molecule has 0 radical (unpaired) electrons. The third kappa shape index (κ3) is 113. The number of aliphatic hydroxyl groups is 1. The van der Waals surface area contributed by atoms with Crippen molar-refractivity contribution in [2.24, 2.45) is 0 Å². The number of carbonyl (C=O) groups excluding carboxylic acids is 1. The van der Waals surface area contributed by atoms with Crippen LogP contribution < -0.4 is 0 Å². The monoisotopic (exact) mass is 130 g/mol. The standard InChI is InChI=1S/C4H6O.C3H8O/c1-2-3-4-5;1-3(2)4/h2-4H,1H3;3-4H,1-2H3. The van der Waals surface area contributed by atoms with Gasteiger partial charge in [-0.1, -0.05) is 6.08 Å². The molecule has 0 fully saturated rings. The summed E-state index contributed by atoms with van der Waals surface area (Å²) in [4.78, 5) is 9.32. The SMILES string of the molecule is CC(C)O.CC=CC=O. The first-order chi connectivity index (χ1) is 4.15. The van der Waals surface area contributed by atoms with Crippen LogP contribution in [-0.4, -0.2) is 17.5 Å². The molecule has 0 atom stereocenters. The Kier molecular flexibility index (Phi) is 12.9. The Balaban J connectivity index is 0. The topological polar surface area (TPSA) is 37.3 Å². The van der Waals surface area contributed by atoms with Gasteiger partial charge in [-0.2, -0.15) is 0 Å². The number of rotatable bonds is 1. The predicted octanol–water partition coefficient (Wildman–Crippen LogP) is 1.15. The van der Waals surface area contributed by atoms with Crippen LogP contribution in [0.3, 0.4) is 0 Å². The van der Waals surface area contributed by atoms with Crippen LogP contribution in [-0.2, 0) is 4.79 Å². The van der Waals surface area contributed by atoms with Crippen LogP contribution in [0.2, 0.25) is 0 Å². The molecule has 2 nitrogen and oxygen atoms in total. The summed E-state index contributed by atoms with van der Waals surface area (Å²) in [6.45, 7) is 5.24. The Hall–Kier alpha value is -0.630. The van der Waals surface area contributed by atoms with Crippen molar-refractivity contribution >= 4 is 6.29 Å². The molecular formula is C7H14O2. The molecule has 0 aromatic rings. The van der Waals surface area contributed by atoms with Crippen molar-refractivity contribution in [3.8, 4) is 0 Å². The third-order valence-electron chi connectivity index (χ3n) is 0.271. The Labute approximate surface area is 56.2 Å². The summed E-state index contributed by atoms with van der Waals surface area (Å²) in [5.41, 5.74) is 0. The van der Waals surface area contributed by atoms with E-state index in [0.29, 0.717) is 0 Å². The second kappa shape index (κ2) is 10.4. The van der Waals surface area contributed by atoms with Crippen LogP contribution in [0.1, 0.15) is 20.8 Å². The van der Waals surface area contributed by atoms with Gasteiger partial charge in [-0.25, -0.2) is 0 Å². The quantitative estimate of drug-likeness (QED) is 0.427. The summed E-state index contributed by atoms with van der Waals surface area (Å²) in [5.74, 6) is 0. The number of carbonyl (C=O) groups is 1. The normalized spacial score (nSPS) is 9.00. The van der Waals surface area contributed by atoms with Gasteiger partial charge in [0.1, 0.15) is 6.29 Å². The highest BCUT2D eigenvalue weighted by Gasteiger charge is 1.69. The molecule has 0 bridgehead atoms. The minimum absolute atomic E-state index is 0.167. The van der Waals surface area contributed by atoms with E-state index >= 15 is 0 Å². The molecule has 2 heteroatoms. The fraction of sp³-hybridized carbons (Fsp3) is 0.571. The third-order valence-corrected chi connectivity index (χ3v) is 0.271. The van der Waals surface area contributed by atoms with Crippen molar-refractivity contribution in [3.05, 3.63) is 12.2 Å². The van der Waals surface area contributed by atoms with E-state index in [0.717, 1.165) is 6.29 Å². The molecule has 0 aliphatic heterocycles. The number of aldehydes is 1. The Morgan fingerprint density at radius 3 is 1.78 bits per heavy atom. The average Bonchev–Trinajstić information content (AvgIpc) is 1.66. The molecule has 0 saturated carbocycles. The minimum atomic E-state index is -0.167. The van der Waals surface area contributed by atoms with Gasteiger partial charge in [0, 0.05) is 6.10 Å². The maximum Gasteiger partial charge on any atom is 0.142 e. The molecule has 0 aromatic heterocycles. The van der Waals surface area contributed by atoms with E-state index < -0.39 is 0 Å². The van der Waals surface area contributed by atoms with Crippen molar-refractivity contribution < 1.29 is 9.90 Å². The van der Waals surface area contributed by atoms with Crippen LogP contribution >= 0.6 is 0 Å². The number of allylic oxidation sites excluding steroid dienone is 2. The van der Waals surface area contributed by atoms with Gasteiger partial charge in [0.05, 0.1) is 0 Å². The molecule has 0 heterocycles. The average molecular weight is 130 g/mol. The maximum atomic E-state index is 9.32. The lowest BCUT2D eigenvalue weighted by atomic mass is 10.5. The van der Waals surface area contributed by atoms with Crippen molar-refractivity contribution in [3.63, 3.8) is 0 Å². The summed E-state index contributed by atoms with van der Waals surface area (Å²) >= 11 is 0. The fourth-order valence-corrected chi connectivity index (χ4v) is 0.0786. The van der Waals surface area contributed by atoms with Crippen molar-refractivity contribution in [2.45, 2.75) is 26.9 Å². The highest BCUT2D eigenvalue weighted by molar-refractivity contribution is 5.64. The number of aliphatic hydroxyl groups excluding tert-OH is 1. The first-order valence-electron chi connectivity index (χ1n) is 2.89. The van der Waals surface area contributed by atoms with Crippen LogP contribution in [0.25, 0.3) is 0 Å². The van der Waals surface area contributed by atoms with Gasteiger partial charge in [-0.15, -0.1) is 0 Å². The smallest absolute Gasteiger partial charge is 0.142 e. The Morgan fingerprint density at radius 1 is 1.44 bits per heavy atom. The Morgan fingerprint density at radius 2 is 1.78 bits per heavy atom. The highest BCUT2D eigenvalue weighted by atomic mass is 16.3. The molecule has 0 aromatic carbocycles. The van der Waals surface area contributed by atoms with E-state index in [1.165, 1.54) is 6.08 Å². The Bertz CT molecular complexity index is 72.2. The molecule has 0 saturated heterocycles. The fourth-order valence-electron chi connectivity index (χ4n) is 0.0786. The summed E-state index contributed by atoms with van der Waals surface area (Å²) in [6.07, 6.45) is 3.72. The van der Waals surface area contributed by atoms with E-state index in [4.69, 9.17) is 5.11 Å². The summed E-state index contributed by atoms with van der Waals surface area (Å²) in [5, 5.41) is 8.06. The van der Waals surface area contributed by atoms with Gasteiger partial charge >= 0.3 is 0 Å². The second-order valence-electron chi connectivity index (χ2n) is 1.76. The molecule has 0 amide bonds. The van der Waals surface area contributed by atoms with Crippen molar-refractivity contribution in [1.82, 2.24) is 0 Å². The molecule has 0 aliphatic rings. The number of hydrogen-bond acceptors (Lipinski definition) is 2. The molecule has 9 heavy (non-hydrogen) atoms. The van der Waals surface area contributed by atoms with E-state index in [1.807, 2.05) is 0 Å². The second-order valence-corrected chi connectivity index (χ2v) is 1.76. The van der Waals surface area contributed by atoms with Gasteiger partial charge < -0.3 is 5.11 Å². The zero-order valence-corrected chi connectivity index (χ0v) is 6.16. The largest absolute Gasteiger partial charge is 0.394 e. The lowest BCUT2D eigenvalue weighted by Crippen LogP contribution is -1.85. The van der Waals surface area contributed by atoms with Gasteiger partial charge in [-0.3, -0.25) is 4.79 Å². The van der Waals surface area contributed by atoms with Gasteiger partial charge in [0.15, 0.2) is 0 Å². The van der Waals surface area contributed by atoms with Gasteiger partial charge in [-0.05, 0) is 26.8 Å². The molecule has 1 N–H and O–H groups in total. The molecule has 54 valence electrons. The lowest BCUT2D eigenvalue weighted by molar-refractivity contribution is -0.104. The van der Waals surface area contributed by atoms with Gasteiger partial charge in [0.25, 0.3) is 0 Å². The van der Waals surface area contributed by atoms with E-state index in [-0.39, 0.29) is 6.10 Å². The molecular weight excluding hydrogens is 116 g/mol. The van der Waals surface area contributed by atoms with Crippen LogP contribution in [0.15, 0.2) is 12.2 Å². The maximum absolute atomic E-state index is 9.32. The number of hydrogen-bond donors (Lipinski definition) is 1. The van der Waals surface area contributed by atoms with E-state index in [2.05, 4.69) is 0 Å². The predicted molar refractivity (Wildman–Crippen MR) is 38.2 cm³/mol. The molecule has 0 rings (SSSR count). The van der Waals surface area contributed by atoms with Crippen molar-refractivity contribution in [1.29, 1.82) is 0 Å². The molecule has 0 unspecified atom stereocenters. The summed E-state index contributed by atoms with van der Waals surface area (Å²) in [7, 11) is 0. The zero-order valence-electron chi connectivity index (χ0n) is 6.16. The lowest BCUT2D eigenvalue weighted by Gasteiger charge is -1.80. The van der Waals surface area contributed by atoms with Gasteiger partial charge in [0.2, 0.25) is 0 Å². The highest BCUT2D eigenvalue weighted by Crippen LogP contribution is 1.65. The van der Waals surface area contributed by atoms with Crippen LogP contribution in [0.5, 0.6) is 0 Å². The van der Waals surface area contributed by atoms with Crippen molar-refractivity contribution in [2.75, 3.05) is 0 Å². The molecule has 0 spiro atoms. The first-order valence-corrected chi connectivity index (χ1v) is 2.89. The summed E-state index contributed by atoms with van der Waals surface area (Å²) < 4.78 is 0. The van der Waals surface area contributed by atoms with Crippen LogP contribution in [0, 0.1) is 0 Å². The van der Waals surface area contributed by atoms with E-state index in [9.17, 15) is 4.79 Å². The summed E-state index contributed by atoms with van der Waals surface area (Å²) in [6, 6.07) is 0. The molecule has 0 aliphatic carbocycles. The first kappa shape index (κ1) is 11.2. The zero-order chi connectivity index (χ0) is 7.70. The van der Waals surface area contributed by atoms with E-state index in [1.54, 1.807) is 26.8 Å². The minimum Gasteiger partial charge on any atom is -0.394 e.